The van der Waals surface area contributed by atoms with E-state index in [9.17, 15) is 18.0 Å². The van der Waals surface area contributed by atoms with E-state index >= 15 is 0 Å². The standard InChI is InChI=1S/C24H32N4O4S/c1-19(2)24(30)27-11-9-25(10-12-27)18-23(29)26-13-15-28(16-14-26)33(31,32)22-8-7-20-5-3-4-6-21(20)17-22/h3-8,17,19H,9-16,18H2,1-2H3. The predicted molar refractivity (Wildman–Crippen MR) is 127 cm³/mol. The van der Waals surface area contributed by atoms with E-state index in [1.165, 1.54) is 4.31 Å². The first-order valence-corrected chi connectivity index (χ1v) is 13.0. The average Bonchev–Trinajstić information content (AvgIpc) is 2.83. The molecule has 2 saturated heterocycles. The van der Waals surface area contributed by atoms with Gasteiger partial charge >= 0.3 is 0 Å². The molecule has 0 unspecified atom stereocenters. The number of carbonyl (C=O) groups is 2. The Kier molecular flexibility index (Phi) is 7.02. The number of hydrogen-bond donors (Lipinski definition) is 0. The summed E-state index contributed by atoms with van der Waals surface area (Å²) in [4.78, 5) is 30.9. The first kappa shape index (κ1) is 23.7. The van der Waals surface area contributed by atoms with Crippen molar-refractivity contribution in [2.24, 2.45) is 5.92 Å². The van der Waals surface area contributed by atoms with E-state index in [0.717, 1.165) is 10.8 Å². The fourth-order valence-electron chi connectivity index (χ4n) is 4.44. The molecule has 33 heavy (non-hydrogen) atoms. The van der Waals surface area contributed by atoms with Crippen LogP contribution in [0.4, 0.5) is 0 Å². The van der Waals surface area contributed by atoms with Gasteiger partial charge in [0, 0.05) is 58.3 Å². The number of benzene rings is 2. The lowest BCUT2D eigenvalue weighted by Gasteiger charge is -2.38. The maximum absolute atomic E-state index is 13.1. The lowest BCUT2D eigenvalue weighted by molar-refractivity contribution is -0.137. The molecule has 2 fully saturated rings. The van der Waals surface area contributed by atoms with E-state index in [1.807, 2.05) is 49.1 Å². The third-order valence-corrected chi connectivity index (χ3v) is 8.38. The molecule has 2 aromatic carbocycles. The van der Waals surface area contributed by atoms with Crippen LogP contribution >= 0.6 is 0 Å². The van der Waals surface area contributed by atoms with Crippen molar-refractivity contribution < 1.29 is 18.0 Å². The van der Waals surface area contributed by atoms with Gasteiger partial charge in [-0.25, -0.2) is 8.42 Å². The highest BCUT2D eigenvalue weighted by atomic mass is 32.2. The van der Waals surface area contributed by atoms with Crippen molar-refractivity contribution in [1.82, 2.24) is 19.0 Å². The summed E-state index contributed by atoms with van der Waals surface area (Å²) in [5, 5.41) is 1.89. The van der Waals surface area contributed by atoms with Gasteiger partial charge in [-0.15, -0.1) is 0 Å². The summed E-state index contributed by atoms with van der Waals surface area (Å²) in [5.41, 5.74) is 0. The lowest BCUT2D eigenvalue weighted by atomic mass is 10.1. The fourth-order valence-corrected chi connectivity index (χ4v) is 5.90. The Morgan fingerprint density at radius 1 is 0.818 bits per heavy atom. The zero-order chi connectivity index (χ0) is 23.6. The number of sulfonamides is 1. The second kappa shape index (κ2) is 9.79. The third kappa shape index (κ3) is 5.20. The van der Waals surface area contributed by atoms with Crippen LogP contribution in [-0.2, 0) is 19.6 Å². The van der Waals surface area contributed by atoms with Crippen LogP contribution in [0.3, 0.4) is 0 Å². The van der Waals surface area contributed by atoms with E-state index in [0.29, 0.717) is 45.8 Å². The van der Waals surface area contributed by atoms with Crippen LogP contribution in [-0.4, -0.2) is 98.1 Å². The zero-order valence-corrected chi connectivity index (χ0v) is 20.1. The highest BCUT2D eigenvalue weighted by Gasteiger charge is 2.31. The molecule has 0 aromatic heterocycles. The summed E-state index contributed by atoms with van der Waals surface area (Å²) in [5.74, 6) is 0.159. The van der Waals surface area contributed by atoms with Gasteiger partial charge in [0.25, 0.3) is 0 Å². The van der Waals surface area contributed by atoms with Crippen molar-refractivity contribution >= 4 is 32.6 Å². The number of rotatable bonds is 5. The molecule has 0 spiro atoms. The van der Waals surface area contributed by atoms with Gasteiger partial charge in [0.2, 0.25) is 21.8 Å². The number of fused-ring (bicyclic) bond motifs is 1. The second-order valence-corrected chi connectivity index (χ2v) is 11.0. The van der Waals surface area contributed by atoms with Crippen LogP contribution in [0.1, 0.15) is 13.8 Å². The molecule has 4 rings (SSSR count). The highest BCUT2D eigenvalue weighted by Crippen LogP contribution is 2.23. The molecule has 2 aliphatic heterocycles. The van der Waals surface area contributed by atoms with E-state index < -0.39 is 10.0 Å². The molecule has 2 aromatic rings. The highest BCUT2D eigenvalue weighted by molar-refractivity contribution is 7.89. The van der Waals surface area contributed by atoms with Crippen LogP contribution < -0.4 is 0 Å². The maximum atomic E-state index is 13.1. The van der Waals surface area contributed by atoms with Crippen LogP contribution in [0.15, 0.2) is 47.4 Å². The molecule has 0 radical (unpaired) electrons. The molecule has 9 heteroatoms. The third-order valence-electron chi connectivity index (χ3n) is 6.49. The van der Waals surface area contributed by atoms with Crippen LogP contribution in [0.2, 0.25) is 0 Å². The summed E-state index contributed by atoms with van der Waals surface area (Å²) in [6, 6.07) is 12.9. The van der Waals surface area contributed by atoms with E-state index in [2.05, 4.69) is 4.90 Å². The molecule has 0 bridgehead atoms. The zero-order valence-electron chi connectivity index (χ0n) is 19.3. The van der Waals surface area contributed by atoms with E-state index in [-0.39, 0.29) is 35.7 Å². The molecule has 2 aliphatic rings. The van der Waals surface area contributed by atoms with Crippen molar-refractivity contribution in [1.29, 1.82) is 0 Å². The van der Waals surface area contributed by atoms with Crippen molar-refractivity contribution in [2.75, 3.05) is 58.9 Å². The first-order chi connectivity index (χ1) is 15.8. The Bertz CT molecular complexity index is 1120. The van der Waals surface area contributed by atoms with Crippen LogP contribution in [0.5, 0.6) is 0 Å². The van der Waals surface area contributed by atoms with Gasteiger partial charge in [0.15, 0.2) is 0 Å². The van der Waals surface area contributed by atoms with Crippen molar-refractivity contribution in [2.45, 2.75) is 18.7 Å². The number of carbonyl (C=O) groups excluding carboxylic acids is 2. The molecular weight excluding hydrogens is 440 g/mol. The van der Waals surface area contributed by atoms with Gasteiger partial charge in [0.1, 0.15) is 0 Å². The SMILES string of the molecule is CC(C)C(=O)N1CCN(CC(=O)N2CCN(S(=O)(=O)c3ccc4ccccc4c3)CC2)CC1. The molecule has 178 valence electrons. The van der Waals surface area contributed by atoms with Gasteiger partial charge < -0.3 is 9.80 Å². The Labute approximate surface area is 195 Å². The normalized spacial score (nSPS) is 18.8. The minimum atomic E-state index is -3.60. The van der Waals surface area contributed by atoms with Gasteiger partial charge in [-0.2, -0.15) is 4.31 Å². The molecule has 0 atom stereocenters. The topological polar surface area (TPSA) is 81.2 Å². The first-order valence-electron chi connectivity index (χ1n) is 11.5. The number of piperazine rings is 2. The molecule has 8 nitrogen and oxygen atoms in total. The molecule has 2 heterocycles. The summed E-state index contributed by atoms with van der Waals surface area (Å²) in [6.07, 6.45) is 0. The number of nitrogens with zero attached hydrogens (tertiary/aromatic N) is 4. The average molecular weight is 473 g/mol. The van der Waals surface area contributed by atoms with Crippen molar-refractivity contribution in [3.63, 3.8) is 0 Å². The van der Waals surface area contributed by atoms with Gasteiger partial charge in [-0.3, -0.25) is 14.5 Å². The van der Waals surface area contributed by atoms with Gasteiger partial charge in [0.05, 0.1) is 11.4 Å². The second-order valence-electron chi connectivity index (χ2n) is 9.05. The molecule has 2 amide bonds. The van der Waals surface area contributed by atoms with Crippen molar-refractivity contribution in [3.05, 3.63) is 42.5 Å². The Morgan fingerprint density at radius 2 is 1.42 bits per heavy atom. The molecular formula is C24H32N4O4S. The Balaban J connectivity index is 1.30. The summed E-state index contributed by atoms with van der Waals surface area (Å²) >= 11 is 0. The monoisotopic (exact) mass is 472 g/mol. The van der Waals surface area contributed by atoms with E-state index in [4.69, 9.17) is 0 Å². The molecule has 0 N–H and O–H groups in total. The fraction of sp³-hybridized carbons (Fsp3) is 0.500. The predicted octanol–water partition coefficient (Wildman–Crippen LogP) is 1.47. The maximum Gasteiger partial charge on any atom is 0.243 e. The van der Waals surface area contributed by atoms with Gasteiger partial charge in [-0.05, 0) is 22.9 Å². The minimum Gasteiger partial charge on any atom is -0.340 e. The summed E-state index contributed by atoms with van der Waals surface area (Å²) < 4.78 is 27.7. The largest absolute Gasteiger partial charge is 0.340 e. The van der Waals surface area contributed by atoms with Crippen LogP contribution in [0.25, 0.3) is 10.8 Å². The lowest BCUT2D eigenvalue weighted by Crippen LogP contribution is -2.55. The van der Waals surface area contributed by atoms with Crippen LogP contribution in [0, 0.1) is 5.92 Å². The number of amides is 2. The Morgan fingerprint density at radius 3 is 2.06 bits per heavy atom. The minimum absolute atomic E-state index is 0.0136. The molecule has 0 aliphatic carbocycles. The summed E-state index contributed by atoms with van der Waals surface area (Å²) in [6.45, 7) is 8.10. The smallest absolute Gasteiger partial charge is 0.243 e. The van der Waals surface area contributed by atoms with Gasteiger partial charge in [-0.1, -0.05) is 44.2 Å². The number of hydrogen-bond acceptors (Lipinski definition) is 5. The summed E-state index contributed by atoms with van der Waals surface area (Å²) in [7, 11) is -3.60. The van der Waals surface area contributed by atoms with Crippen molar-refractivity contribution in [3.8, 4) is 0 Å². The Hall–Kier alpha value is -2.49. The van der Waals surface area contributed by atoms with E-state index in [1.54, 1.807) is 17.0 Å². The molecule has 0 saturated carbocycles. The quantitative estimate of drug-likeness (QED) is 0.658.